The van der Waals surface area contributed by atoms with Gasteiger partial charge in [-0.25, -0.2) is 0 Å². The van der Waals surface area contributed by atoms with Gasteiger partial charge in [-0.3, -0.25) is 0 Å². The molecule has 0 spiro atoms. The Balaban J connectivity index is 1.81. The largest absolute Gasteiger partial charge is 0.507 e. The molecule has 0 amide bonds. The van der Waals surface area contributed by atoms with Crippen LogP contribution in [0.4, 0.5) is 13.2 Å². The summed E-state index contributed by atoms with van der Waals surface area (Å²) in [5.74, 6) is -0.113. The summed E-state index contributed by atoms with van der Waals surface area (Å²) in [7, 11) is 2.03. The Hall–Kier alpha value is -2.35. The quantitative estimate of drug-likeness (QED) is 0.897. The summed E-state index contributed by atoms with van der Waals surface area (Å²) in [6, 6.07) is 4.50. The van der Waals surface area contributed by atoms with Gasteiger partial charge in [0.15, 0.2) is 0 Å². The molecule has 3 rings (SSSR count). The maximum Gasteiger partial charge on any atom is 0.416 e. The van der Waals surface area contributed by atoms with Crippen LogP contribution in [-0.4, -0.2) is 46.4 Å². The average Bonchev–Trinajstić information content (AvgIpc) is 2.55. The first kappa shape index (κ1) is 18.4. The molecule has 5 nitrogen and oxygen atoms in total. The zero-order chi connectivity index (χ0) is 18.9. The minimum Gasteiger partial charge on any atom is -0.507 e. The predicted molar refractivity (Wildman–Crippen MR) is 90.0 cm³/mol. The predicted octanol–water partition coefficient (Wildman–Crippen LogP) is 3.65. The molecule has 1 atom stereocenters. The highest BCUT2D eigenvalue weighted by molar-refractivity contribution is 5.70. The van der Waals surface area contributed by atoms with Crippen molar-refractivity contribution in [1.82, 2.24) is 15.1 Å². The van der Waals surface area contributed by atoms with Crippen LogP contribution in [0.2, 0.25) is 0 Å². The van der Waals surface area contributed by atoms with E-state index < -0.39 is 17.5 Å². The summed E-state index contributed by atoms with van der Waals surface area (Å²) in [5, 5.41) is 18.1. The van der Waals surface area contributed by atoms with Gasteiger partial charge >= 0.3 is 6.18 Å². The number of aromatic hydroxyl groups is 1. The second kappa shape index (κ2) is 7.11. The third kappa shape index (κ3) is 4.07. The molecule has 26 heavy (non-hydrogen) atoms. The molecule has 1 aromatic carbocycles. The minimum atomic E-state index is -4.51. The first-order valence-corrected chi connectivity index (χ1v) is 8.34. The topological polar surface area (TPSA) is 58.5 Å². The Bertz CT molecular complexity index is 796. The van der Waals surface area contributed by atoms with Crippen molar-refractivity contribution >= 4 is 0 Å². The summed E-state index contributed by atoms with van der Waals surface area (Å²) in [6.45, 7) is 3.60. The number of phenols is 1. The second-order valence-electron chi connectivity index (χ2n) is 6.59. The zero-order valence-corrected chi connectivity index (χ0v) is 14.5. The van der Waals surface area contributed by atoms with E-state index in [9.17, 15) is 18.3 Å². The minimum absolute atomic E-state index is 0.0350. The third-order valence-electron chi connectivity index (χ3n) is 4.41. The van der Waals surface area contributed by atoms with Crippen molar-refractivity contribution in [2.75, 3.05) is 20.1 Å². The van der Waals surface area contributed by atoms with Crippen LogP contribution in [-0.2, 0) is 6.18 Å². The van der Waals surface area contributed by atoms with Crippen molar-refractivity contribution in [2.45, 2.75) is 32.0 Å². The molecule has 0 aliphatic carbocycles. The van der Waals surface area contributed by atoms with Gasteiger partial charge in [-0.05, 0) is 57.1 Å². The van der Waals surface area contributed by atoms with Gasteiger partial charge in [0.1, 0.15) is 11.9 Å². The Morgan fingerprint density at radius 2 is 2.00 bits per heavy atom. The number of ether oxygens (including phenoxy) is 1. The fourth-order valence-corrected chi connectivity index (χ4v) is 3.08. The number of rotatable bonds is 3. The molecule has 140 valence electrons. The molecule has 1 N–H and O–H groups in total. The van der Waals surface area contributed by atoms with Gasteiger partial charge < -0.3 is 14.7 Å². The molecule has 1 unspecified atom stereocenters. The first-order chi connectivity index (χ1) is 12.2. The Morgan fingerprint density at radius 1 is 1.23 bits per heavy atom. The SMILES string of the molecule is Cc1cc(OC2CCCN(C)C2)nnc1-c1ccc(C(F)(F)F)cc1O. The molecule has 1 aliphatic rings. The smallest absolute Gasteiger partial charge is 0.416 e. The van der Waals surface area contributed by atoms with Crippen LogP contribution in [0.3, 0.4) is 0 Å². The maximum absolute atomic E-state index is 12.7. The number of likely N-dealkylation sites (tertiary alicyclic amines) is 1. The van der Waals surface area contributed by atoms with Crippen molar-refractivity contribution in [3.05, 3.63) is 35.4 Å². The normalized spacial score (nSPS) is 18.7. The molecule has 2 heterocycles. The Kier molecular flexibility index (Phi) is 5.04. The zero-order valence-electron chi connectivity index (χ0n) is 14.5. The van der Waals surface area contributed by atoms with Gasteiger partial charge in [0.25, 0.3) is 0 Å². The maximum atomic E-state index is 12.7. The molecule has 2 aromatic rings. The van der Waals surface area contributed by atoms with Gasteiger partial charge in [-0.15, -0.1) is 10.2 Å². The lowest BCUT2D eigenvalue weighted by atomic mass is 10.0. The summed E-state index contributed by atoms with van der Waals surface area (Å²) in [4.78, 5) is 2.18. The molecule has 1 aliphatic heterocycles. The number of hydrogen-bond acceptors (Lipinski definition) is 5. The molecule has 0 bridgehead atoms. The van der Waals surface area contributed by atoms with E-state index >= 15 is 0 Å². The number of alkyl halides is 3. The monoisotopic (exact) mass is 367 g/mol. The number of hydrogen-bond donors (Lipinski definition) is 1. The second-order valence-corrected chi connectivity index (χ2v) is 6.59. The number of piperidine rings is 1. The van der Waals surface area contributed by atoms with E-state index in [4.69, 9.17) is 4.74 Å². The van der Waals surface area contributed by atoms with Gasteiger partial charge in [-0.2, -0.15) is 13.2 Å². The highest BCUT2D eigenvalue weighted by atomic mass is 19.4. The van der Waals surface area contributed by atoms with Crippen LogP contribution in [0.15, 0.2) is 24.3 Å². The van der Waals surface area contributed by atoms with E-state index in [0.717, 1.165) is 32.0 Å². The molecule has 8 heteroatoms. The van der Waals surface area contributed by atoms with Gasteiger partial charge in [0, 0.05) is 18.2 Å². The summed E-state index contributed by atoms with van der Waals surface area (Å²) in [6.07, 6.45) is -2.49. The van der Waals surface area contributed by atoms with Crippen molar-refractivity contribution in [3.63, 3.8) is 0 Å². The number of halogens is 3. The number of aromatic nitrogens is 2. The first-order valence-electron chi connectivity index (χ1n) is 8.34. The standard InChI is InChI=1S/C18H20F3N3O2/c1-11-8-16(26-13-4-3-7-24(2)10-13)22-23-17(11)14-6-5-12(9-15(14)25)18(19,20)21/h5-6,8-9,13,25H,3-4,7,10H2,1-2H3. The van der Waals surface area contributed by atoms with Crippen LogP contribution in [0.5, 0.6) is 11.6 Å². The number of nitrogens with zero attached hydrogens (tertiary/aromatic N) is 3. The van der Waals surface area contributed by atoms with Gasteiger partial charge in [0.2, 0.25) is 5.88 Å². The van der Waals surface area contributed by atoms with Crippen molar-refractivity contribution in [1.29, 1.82) is 0 Å². The van der Waals surface area contributed by atoms with Crippen LogP contribution >= 0.6 is 0 Å². The molecule has 0 radical (unpaired) electrons. The molecule has 0 saturated carbocycles. The van der Waals surface area contributed by atoms with E-state index in [-0.39, 0.29) is 11.7 Å². The van der Waals surface area contributed by atoms with Crippen LogP contribution in [0.25, 0.3) is 11.3 Å². The van der Waals surface area contributed by atoms with Gasteiger partial charge in [-0.1, -0.05) is 0 Å². The van der Waals surface area contributed by atoms with Crippen molar-refractivity contribution in [3.8, 4) is 22.9 Å². The van der Waals surface area contributed by atoms with E-state index in [0.29, 0.717) is 23.2 Å². The van der Waals surface area contributed by atoms with E-state index in [1.807, 2.05) is 7.05 Å². The van der Waals surface area contributed by atoms with Crippen LogP contribution in [0, 0.1) is 6.92 Å². The summed E-state index contributed by atoms with van der Waals surface area (Å²) in [5.41, 5.74) is 0.274. The number of aryl methyl sites for hydroxylation is 1. The number of benzene rings is 1. The fraction of sp³-hybridized carbons (Fsp3) is 0.444. The lowest BCUT2D eigenvalue weighted by Gasteiger charge is -2.29. The lowest BCUT2D eigenvalue weighted by Crippen LogP contribution is -2.38. The molecular formula is C18H20F3N3O2. The average molecular weight is 367 g/mol. The molecular weight excluding hydrogens is 347 g/mol. The van der Waals surface area contributed by atoms with Gasteiger partial charge in [0.05, 0.1) is 11.3 Å². The summed E-state index contributed by atoms with van der Waals surface area (Å²) >= 11 is 0. The number of likely N-dealkylation sites (N-methyl/N-ethyl adjacent to an activating group) is 1. The van der Waals surface area contributed by atoms with E-state index in [2.05, 4.69) is 15.1 Å². The van der Waals surface area contributed by atoms with Crippen LogP contribution in [0.1, 0.15) is 24.0 Å². The van der Waals surface area contributed by atoms with Crippen LogP contribution < -0.4 is 4.74 Å². The highest BCUT2D eigenvalue weighted by Gasteiger charge is 2.31. The molecule has 1 saturated heterocycles. The molecule has 1 fully saturated rings. The Labute approximate surface area is 149 Å². The third-order valence-corrected chi connectivity index (χ3v) is 4.41. The lowest BCUT2D eigenvalue weighted by molar-refractivity contribution is -0.137. The van der Waals surface area contributed by atoms with Crippen molar-refractivity contribution < 1.29 is 23.0 Å². The van der Waals surface area contributed by atoms with Crippen molar-refractivity contribution in [2.24, 2.45) is 0 Å². The molecule has 1 aromatic heterocycles. The number of phenolic OH excluding ortho intramolecular Hbond substituents is 1. The highest BCUT2D eigenvalue weighted by Crippen LogP contribution is 2.37. The van der Waals surface area contributed by atoms with E-state index in [1.165, 1.54) is 6.07 Å². The Morgan fingerprint density at radius 3 is 2.62 bits per heavy atom. The van der Waals surface area contributed by atoms with E-state index in [1.54, 1.807) is 13.0 Å². The summed E-state index contributed by atoms with van der Waals surface area (Å²) < 4.78 is 44.0. The fourth-order valence-electron chi connectivity index (χ4n) is 3.08.